The second-order valence-corrected chi connectivity index (χ2v) is 10.9. The van der Waals surface area contributed by atoms with E-state index in [1.54, 1.807) is 42.6 Å². The number of methoxy groups -OCH3 is 2. The molecule has 4 aromatic rings. The summed E-state index contributed by atoms with van der Waals surface area (Å²) in [6.45, 7) is 3.76. The summed E-state index contributed by atoms with van der Waals surface area (Å²) in [5, 5.41) is 0.447. The minimum absolute atomic E-state index is 0.000483. The molecule has 0 aliphatic heterocycles. The van der Waals surface area contributed by atoms with Crippen LogP contribution in [0.1, 0.15) is 34.7 Å². The molecule has 1 fully saturated rings. The number of nitrogens with one attached hydrogen (secondary N) is 1. The molecule has 190 valence electrons. The number of aryl methyl sites for hydroxylation is 2. The fourth-order valence-corrected chi connectivity index (χ4v) is 6.21. The van der Waals surface area contributed by atoms with E-state index in [1.807, 2.05) is 32.0 Å². The molecular weight excluding hydrogens is 490 g/mol. The zero-order valence-corrected chi connectivity index (χ0v) is 21.8. The van der Waals surface area contributed by atoms with Gasteiger partial charge in [0.05, 0.1) is 30.0 Å². The maximum atomic E-state index is 14.0. The van der Waals surface area contributed by atoms with Gasteiger partial charge in [-0.1, -0.05) is 29.8 Å². The van der Waals surface area contributed by atoms with Gasteiger partial charge in [-0.25, -0.2) is 18.1 Å². The summed E-state index contributed by atoms with van der Waals surface area (Å²) in [4.78, 5) is 22.7. The Morgan fingerprint density at radius 3 is 2.54 bits per heavy atom. The Balaban J connectivity index is 1.58. The van der Waals surface area contributed by atoms with E-state index in [0.29, 0.717) is 34.5 Å². The lowest BCUT2D eigenvalue weighted by Crippen LogP contribution is -2.40. The van der Waals surface area contributed by atoms with E-state index in [-0.39, 0.29) is 10.8 Å². The Bertz CT molecular complexity index is 1620. The molecule has 37 heavy (non-hydrogen) atoms. The van der Waals surface area contributed by atoms with Crippen molar-refractivity contribution in [1.29, 1.82) is 0 Å². The van der Waals surface area contributed by atoms with E-state index in [0.717, 1.165) is 16.8 Å². The number of carbonyl (C=O) groups is 1. The number of hydrogen-bond donors (Lipinski definition) is 1. The number of nitrogens with zero attached hydrogens (tertiary/aromatic N) is 2. The van der Waals surface area contributed by atoms with E-state index in [9.17, 15) is 13.2 Å². The average molecular weight is 518 g/mol. The number of sulfonamides is 1. The van der Waals surface area contributed by atoms with Gasteiger partial charge in [0.25, 0.3) is 10.0 Å². The smallest absolute Gasteiger partial charge is 0.264 e. The van der Waals surface area contributed by atoms with Gasteiger partial charge in [-0.05, 0) is 56.2 Å². The second-order valence-electron chi connectivity index (χ2n) is 9.28. The van der Waals surface area contributed by atoms with Crippen LogP contribution in [0.15, 0.2) is 71.8 Å². The molecule has 9 heteroatoms. The third kappa shape index (κ3) is 4.29. The highest BCUT2D eigenvalue weighted by molar-refractivity contribution is 7.90. The number of aromatic nitrogens is 2. The van der Waals surface area contributed by atoms with Crippen LogP contribution in [-0.4, -0.2) is 38.5 Å². The first-order valence-electron chi connectivity index (χ1n) is 11.8. The first kappa shape index (κ1) is 24.7. The number of carbonyl (C=O) groups excluding carboxylic acids is 1. The fourth-order valence-electron chi connectivity index (χ4n) is 4.96. The summed E-state index contributed by atoms with van der Waals surface area (Å²) in [5.74, 6) is 0.0601. The van der Waals surface area contributed by atoms with Crippen molar-refractivity contribution in [2.75, 3.05) is 14.2 Å². The number of hydrogen-bond acceptors (Lipinski definition) is 7. The highest BCUT2D eigenvalue weighted by Gasteiger charge is 2.63. The Kier molecular flexibility index (Phi) is 6.11. The second kappa shape index (κ2) is 9.15. The number of benzene rings is 2. The van der Waals surface area contributed by atoms with Crippen molar-refractivity contribution in [3.8, 4) is 11.6 Å². The fraction of sp³-hybridized carbons (Fsp3) is 0.250. The summed E-state index contributed by atoms with van der Waals surface area (Å²) in [6, 6.07) is 17.4. The van der Waals surface area contributed by atoms with Crippen molar-refractivity contribution in [3.63, 3.8) is 0 Å². The standard InChI is InChI=1S/C28H27N3O5S/c1-17-8-12-24(35-3)21(14-17)28(15-22(28)19-10-13-26(36-4)29-16-19)27(32)31-37(33,34)25-7-5-6-23-20(25)11-9-18(2)30-23/h5-14,16,22H,15H2,1-4H3,(H,31,32)/t22-,28-/m0/s1. The van der Waals surface area contributed by atoms with E-state index < -0.39 is 21.3 Å². The molecule has 0 bridgehead atoms. The normalized spacial score (nSPS) is 18.9. The quantitative estimate of drug-likeness (QED) is 0.392. The molecule has 2 atom stereocenters. The molecule has 0 saturated heterocycles. The van der Waals surface area contributed by atoms with Gasteiger partial charge >= 0.3 is 0 Å². The Hall–Kier alpha value is -3.98. The van der Waals surface area contributed by atoms with Crippen molar-refractivity contribution in [2.24, 2.45) is 0 Å². The largest absolute Gasteiger partial charge is 0.496 e. The maximum Gasteiger partial charge on any atom is 0.264 e. The van der Waals surface area contributed by atoms with Gasteiger partial charge in [0.2, 0.25) is 11.8 Å². The zero-order chi connectivity index (χ0) is 26.4. The molecular formula is C28H27N3O5S. The topological polar surface area (TPSA) is 107 Å². The van der Waals surface area contributed by atoms with Gasteiger partial charge in [-0.2, -0.15) is 0 Å². The number of amides is 1. The number of pyridine rings is 2. The molecule has 2 heterocycles. The number of fused-ring (bicyclic) bond motifs is 1. The van der Waals surface area contributed by atoms with Crippen molar-refractivity contribution < 1.29 is 22.7 Å². The van der Waals surface area contributed by atoms with Crippen molar-refractivity contribution >= 4 is 26.8 Å². The highest BCUT2D eigenvalue weighted by Crippen LogP contribution is 2.62. The van der Waals surface area contributed by atoms with E-state index in [2.05, 4.69) is 14.7 Å². The Morgan fingerprint density at radius 2 is 1.84 bits per heavy atom. The third-order valence-electron chi connectivity index (χ3n) is 6.92. The van der Waals surface area contributed by atoms with Gasteiger partial charge in [-0.3, -0.25) is 9.78 Å². The Morgan fingerprint density at radius 1 is 1.03 bits per heavy atom. The summed E-state index contributed by atoms with van der Waals surface area (Å²) in [5.41, 5.74) is 2.53. The number of ether oxygens (including phenoxy) is 2. The zero-order valence-electron chi connectivity index (χ0n) is 21.0. The van der Waals surface area contributed by atoms with E-state index >= 15 is 0 Å². The molecule has 1 saturated carbocycles. The van der Waals surface area contributed by atoms with Gasteiger partial charge in [-0.15, -0.1) is 0 Å². The molecule has 8 nitrogen and oxygen atoms in total. The predicted molar refractivity (Wildman–Crippen MR) is 139 cm³/mol. The van der Waals surface area contributed by atoms with Gasteiger partial charge in [0, 0.05) is 34.8 Å². The van der Waals surface area contributed by atoms with E-state index in [1.165, 1.54) is 20.3 Å². The van der Waals surface area contributed by atoms with Crippen LogP contribution < -0.4 is 14.2 Å². The minimum Gasteiger partial charge on any atom is -0.496 e. The van der Waals surface area contributed by atoms with Gasteiger partial charge in [0.1, 0.15) is 5.75 Å². The van der Waals surface area contributed by atoms with Gasteiger partial charge in [0.15, 0.2) is 0 Å². The van der Waals surface area contributed by atoms with Crippen LogP contribution in [-0.2, 0) is 20.2 Å². The lowest BCUT2D eigenvalue weighted by atomic mass is 9.88. The average Bonchev–Trinajstić information content (AvgIpc) is 3.65. The van der Waals surface area contributed by atoms with Crippen LogP contribution in [0.25, 0.3) is 10.9 Å². The van der Waals surface area contributed by atoms with Crippen molar-refractivity contribution in [2.45, 2.75) is 36.5 Å². The summed E-state index contributed by atoms with van der Waals surface area (Å²) in [6.07, 6.45) is 2.06. The van der Waals surface area contributed by atoms with Crippen molar-refractivity contribution in [1.82, 2.24) is 14.7 Å². The van der Waals surface area contributed by atoms with E-state index in [4.69, 9.17) is 9.47 Å². The SMILES string of the molecule is COc1ccc([C@@H]2C[C@]2(C(=O)NS(=O)(=O)c2cccc3nc(C)ccc23)c2cc(C)ccc2OC)cn1. The Labute approximate surface area is 215 Å². The maximum absolute atomic E-state index is 14.0. The molecule has 0 spiro atoms. The number of rotatable bonds is 7. The molecule has 1 aliphatic carbocycles. The molecule has 1 aliphatic rings. The summed E-state index contributed by atoms with van der Waals surface area (Å²) < 4.78 is 40.3. The van der Waals surface area contributed by atoms with Crippen LogP contribution >= 0.6 is 0 Å². The monoisotopic (exact) mass is 517 g/mol. The highest BCUT2D eigenvalue weighted by atomic mass is 32.2. The van der Waals surface area contributed by atoms with Gasteiger partial charge < -0.3 is 9.47 Å². The first-order valence-corrected chi connectivity index (χ1v) is 13.3. The molecule has 0 unspecified atom stereocenters. The molecule has 2 aromatic heterocycles. The predicted octanol–water partition coefficient (Wildman–Crippen LogP) is 4.19. The van der Waals surface area contributed by atoms with Crippen LogP contribution in [0.5, 0.6) is 11.6 Å². The molecule has 2 aromatic carbocycles. The van der Waals surface area contributed by atoms with Crippen molar-refractivity contribution in [3.05, 3.63) is 89.2 Å². The first-order chi connectivity index (χ1) is 17.7. The lowest BCUT2D eigenvalue weighted by molar-refractivity contribution is -0.122. The molecule has 0 radical (unpaired) electrons. The molecule has 1 amide bonds. The van der Waals surface area contributed by atoms with Crippen LogP contribution in [0.2, 0.25) is 0 Å². The summed E-state index contributed by atoms with van der Waals surface area (Å²) >= 11 is 0. The minimum atomic E-state index is -4.21. The molecule has 5 rings (SSSR count). The van der Waals surface area contributed by atoms with Crippen LogP contribution in [0.3, 0.4) is 0 Å². The van der Waals surface area contributed by atoms with Crippen LogP contribution in [0, 0.1) is 13.8 Å². The van der Waals surface area contributed by atoms with Crippen LogP contribution in [0.4, 0.5) is 0 Å². The lowest BCUT2D eigenvalue weighted by Gasteiger charge is -2.21. The summed E-state index contributed by atoms with van der Waals surface area (Å²) in [7, 11) is -1.15. The third-order valence-corrected chi connectivity index (χ3v) is 8.31. The molecule has 1 N–H and O–H groups in total.